The van der Waals surface area contributed by atoms with Gasteiger partial charge in [0.15, 0.2) is 0 Å². The fraction of sp³-hybridized carbons (Fsp3) is 0.647. The van der Waals surface area contributed by atoms with Crippen molar-refractivity contribution >= 4 is 0 Å². The first-order chi connectivity index (χ1) is 9.10. The number of hydrogen-bond donors (Lipinski definition) is 1. The number of hydrogen-bond acceptors (Lipinski definition) is 2. The SMILES string of the molecule is CCCCN(CC(O)c1ccccc1C)C(C)CC. The minimum atomic E-state index is -0.382. The summed E-state index contributed by atoms with van der Waals surface area (Å²) in [5.74, 6) is 0. The van der Waals surface area contributed by atoms with Gasteiger partial charge in [0.2, 0.25) is 0 Å². The third-order valence-corrected chi connectivity index (χ3v) is 3.97. The fourth-order valence-corrected chi connectivity index (χ4v) is 2.39. The quantitative estimate of drug-likeness (QED) is 0.768. The van der Waals surface area contributed by atoms with Crippen molar-refractivity contribution < 1.29 is 5.11 Å². The van der Waals surface area contributed by atoms with Crippen LogP contribution in [0.4, 0.5) is 0 Å². The first kappa shape index (κ1) is 16.2. The Bertz CT molecular complexity index is 364. The summed E-state index contributed by atoms with van der Waals surface area (Å²) in [5.41, 5.74) is 2.24. The van der Waals surface area contributed by atoms with Crippen LogP contribution in [0.2, 0.25) is 0 Å². The van der Waals surface area contributed by atoms with Crippen molar-refractivity contribution in [2.24, 2.45) is 0 Å². The molecule has 2 atom stereocenters. The van der Waals surface area contributed by atoms with E-state index in [9.17, 15) is 5.11 Å². The summed E-state index contributed by atoms with van der Waals surface area (Å²) in [6, 6.07) is 8.66. The molecule has 19 heavy (non-hydrogen) atoms. The highest BCUT2D eigenvalue weighted by molar-refractivity contribution is 5.27. The van der Waals surface area contributed by atoms with Crippen LogP contribution in [-0.2, 0) is 0 Å². The van der Waals surface area contributed by atoms with Gasteiger partial charge >= 0.3 is 0 Å². The summed E-state index contributed by atoms with van der Waals surface area (Å²) in [6.07, 6.45) is 3.15. The molecule has 0 bridgehead atoms. The lowest BCUT2D eigenvalue weighted by Crippen LogP contribution is -2.37. The number of rotatable bonds is 8. The molecule has 0 saturated carbocycles. The van der Waals surface area contributed by atoms with E-state index in [1.807, 2.05) is 18.2 Å². The summed E-state index contributed by atoms with van der Waals surface area (Å²) in [5, 5.41) is 10.5. The molecule has 0 aliphatic rings. The highest BCUT2D eigenvalue weighted by Gasteiger charge is 2.18. The number of aliphatic hydroxyl groups excluding tert-OH is 1. The van der Waals surface area contributed by atoms with E-state index < -0.39 is 0 Å². The maximum Gasteiger partial charge on any atom is 0.0919 e. The predicted octanol–water partition coefficient (Wildman–Crippen LogP) is 3.93. The summed E-state index contributed by atoms with van der Waals surface area (Å²) in [7, 11) is 0. The third-order valence-electron chi connectivity index (χ3n) is 3.97. The minimum Gasteiger partial charge on any atom is -0.387 e. The van der Waals surface area contributed by atoms with Crippen molar-refractivity contribution in [1.29, 1.82) is 0 Å². The molecule has 0 aliphatic heterocycles. The van der Waals surface area contributed by atoms with E-state index >= 15 is 0 Å². The largest absolute Gasteiger partial charge is 0.387 e. The van der Waals surface area contributed by atoms with E-state index in [0.717, 1.165) is 25.1 Å². The topological polar surface area (TPSA) is 23.5 Å². The standard InChI is InChI=1S/C17H29NO/c1-5-7-12-18(15(4)6-2)13-17(19)16-11-9-8-10-14(16)3/h8-11,15,17,19H,5-7,12-13H2,1-4H3. The lowest BCUT2D eigenvalue weighted by atomic mass is 10.0. The van der Waals surface area contributed by atoms with Crippen LogP contribution in [0.25, 0.3) is 0 Å². The Balaban J connectivity index is 2.70. The molecule has 108 valence electrons. The van der Waals surface area contributed by atoms with Crippen LogP contribution in [0.15, 0.2) is 24.3 Å². The lowest BCUT2D eigenvalue weighted by molar-refractivity contribution is 0.0883. The molecule has 0 aromatic heterocycles. The second-order valence-electron chi connectivity index (χ2n) is 5.48. The molecule has 0 aliphatic carbocycles. The van der Waals surface area contributed by atoms with Crippen LogP contribution < -0.4 is 0 Å². The Hall–Kier alpha value is -0.860. The van der Waals surface area contributed by atoms with Gasteiger partial charge in [0.1, 0.15) is 0 Å². The molecule has 0 amide bonds. The third kappa shape index (κ3) is 4.96. The van der Waals surface area contributed by atoms with Crippen molar-refractivity contribution in [3.05, 3.63) is 35.4 Å². The Morgan fingerprint density at radius 1 is 1.21 bits per heavy atom. The molecular weight excluding hydrogens is 234 g/mol. The van der Waals surface area contributed by atoms with Gasteiger partial charge in [0.05, 0.1) is 6.10 Å². The van der Waals surface area contributed by atoms with E-state index in [0.29, 0.717) is 6.04 Å². The van der Waals surface area contributed by atoms with Crippen LogP contribution >= 0.6 is 0 Å². The van der Waals surface area contributed by atoms with Gasteiger partial charge < -0.3 is 5.11 Å². The molecular formula is C17H29NO. The van der Waals surface area contributed by atoms with Crippen LogP contribution in [0.1, 0.15) is 57.3 Å². The Labute approximate surface area is 118 Å². The number of benzene rings is 1. The molecule has 1 rings (SSSR count). The Morgan fingerprint density at radius 3 is 2.47 bits per heavy atom. The van der Waals surface area contributed by atoms with E-state index in [1.165, 1.54) is 18.4 Å². The van der Waals surface area contributed by atoms with Gasteiger partial charge in [-0.05, 0) is 44.4 Å². The molecule has 0 radical (unpaired) electrons. The molecule has 0 fully saturated rings. The second kappa shape index (κ2) is 8.34. The van der Waals surface area contributed by atoms with Gasteiger partial charge in [-0.1, -0.05) is 44.5 Å². The molecule has 0 spiro atoms. The highest BCUT2D eigenvalue weighted by atomic mass is 16.3. The zero-order valence-corrected chi connectivity index (χ0v) is 12.9. The van der Waals surface area contributed by atoms with Gasteiger partial charge in [-0.2, -0.15) is 0 Å². The van der Waals surface area contributed by atoms with Crippen LogP contribution in [0.5, 0.6) is 0 Å². The van der Waals surface area contributed by atoms with E-state index in [4.69, 9.17) is 0 Å². The first-order valence-electron chi connectivity index (χ1n) is 7.57. The minimum absolute atomic E-state index is 0.382. The maximum absolute atomic E-state index is 10.5. The first-order valence-corrected chi connectivity index (χ1v) is 7.57. The van der Waals surface area contributed by atoms with E-state index in [-0.39, 0.29) is 6.10 Å². The maximum atomic E-state index is 10.5. The van der Waals surface area contributed by atoms with E-state index in [2.05, 4.69) is 38.7 Å². The van der Waals surface area contributed by atoms with Gasteiger partial charge in [0.25, 0.3) is 0 Å². The Morgan fingerprint density at radius 2 is 1.89 bits per heavy atom. The zero-order valence-electron chi connectivity index (χ0n) is 12.9. The molecule has 0 saturated heterocycles. The zero-order chi connectivity index (χ0) is 14.3. The summed E-state index contributed by atoms with van der Waals surface area (Å²) >= 11 is 0. The van der Waals surface area contributed by atoms with Crippen molar-refractivity contribution in [3.63, 3.8) is 0 Å². The molecule has 1 N–H and O–H groups in total. The van der Waals surface area contributed by atoms with Crippen molar-refractivity contribution in [2.45, 2.75) is 59.1 Å². The lowest BCUT2D eigenvalue weighted by Gasteiger charge is -2.30. The smallest absolute Gasteiger partial charge is 0.0919 e. The van der Waals surface area contributed by atoms with Crippen LogP contribution in [0.3, 0.4) is 0 Å². The number of unbranched alkanes of at least 4 members (excludes halogenated alkanes) is 1. The van der Waals surface area contributed by atoms with Crippen molar-refractivity contribution in [1.82, 2.24) is 4.90 Å². The predicted molar refractivity (Wildman–Crippen MR) is 82.4 cm³/mol. The molecule has 2 unspecified atom stereocenters. The summed E-state index contributed by atoms with van der Waals surface area (Å²) in [6.45, 7) is 10.6. The average molecular weight is 263 g/mol. The summed E-state index contributed by atoms with van der Waals surface area (Å²) in [4.78, 5) is 2.42. The average Bonchev–Trinajstić information content (AvgIpc) is 2.42. The van der Waals surface area contributed by atoms with E-state index in [1.54, 1.807) is 0 Å². The molecule has 1 aromatic rings. The van der Waals surface area contributed by atoms with Crippen molar-refractivity contribution in [3.8, 4) is 0 Å². The monoisotopic (exact) mass is 263 g/mol. The number of aryl methyl sites for hydroxylation is 1. The summed E-state index contributed by atoms with van der Waals surface area (Å²) < 4.78 is 0. The number of nitrogens with zero attached hydrogens (tertiary/aromatic N) is 1. The van der Waals surface area contributed by atoms with Gasteiger partial charge in [-0.15, -0.1) is 0 Å². The highest BCUT2D eigenvalue weighted by Crippen LogP contribution is 2.20. The van der Waals surface area contributed by atoms with Crippen LogP contribution in [-0.4, -0.2) is 29.1 Å². The number of aliphatic hydroxyl groups is 1. The van der Waals surface area contributed by atoms with Crippen molar-refractivity contribution in [2.75, 3.05) is 13.1 Å². The normalized spacial score (nSPS) is 14.6. The molecule has 2 nitrogen and oxygen atoms in total. The Kier molecular flexibility index (Phi) is 7.11. The second-order valence-corrected chi connectivity index (χ2v) is 5.48. The fourth-order valence-electron chi connectivity index (χ4n) is 2.39. The van der Waals surface area contributed by atoms with Crippen LogP contribution in [0, 0.1) is 6.92 Å². The van der Waals surface area contributed by atoms with Gasteiger partial charge in [-0.25, -0.2) is 0 Å². The molecule has 0 heterocycles. The molecule has 2 heteroatoms. The molecule has 1 aromatic carbocycles. The van der Waals surface area contributed by atoms with Gasteiger partial charge in [-0.3, -0.25) is 4.90 Å². The van der Waals surface area contributed by atoms with Gasteiger partial charge in [0, 0.05) is 12.6 Å².